The van der Waals surface area contributed by atoms with E-state index in [0.29, 0.717) is 5.03 Å². The Kier molecular flexibility index (Phi) is 5.22. The van der Waals surface area contributed by atoms with Gasteiger partial charge in [0.1, 0.15) is 5.78 Å². The molecule has 0 aliphatic rings. The minimum atomic E-state index is -0.128. The molecular formula is C9H15ClO. The first-order valence-corrected chi connectivity index (χ1v) is 4.32. The number of unbranched alkanes of at least 4 members (excludes halogenated alkanes) is 1. The molecule has 1 unspecified atom stereocenters. The summed E-state index contributed by atoms with van der Waals surface area (Å²) in [5, 5.41) is 0.478. The lowest BCUT2D eigenvalue weighted by molar-refractivity contribution is -0.119. The van der Waals surface area contributed by atoms with Crippen LogP contribution in [-0.2, 0) is 4.79 Å². The van der Waals surface area contributed by atoms with E-state index in [2.05, 4.69) is 13.5 Å². The van der Waals surface area contributed by atoms with Crippen molar-refractivity contribution in [3.63, 3.8) is 0 Å². The van der Waals surface area contributed by atoms with Gasteiger partial charge in [-0.25, -0.2) is 0 Å². The summed E-state index contributed by atoms with van der Waals surface area (Å²) in [6.45, 7) is 7.23. The molecule has 0 fully saturated rings. The van der Waals surface area contributed by atoms with Crippen molar-refractivity contribution in [3.8, 4) is 0 Å². The Morgan fingerprint density at radius 2 is 2.18 bits per heavy atom. The van der Waals surface area contributed by atoms with E-state index in [9.17, 15) is 4.79 Å². The van der Waals surface area contributed by atoms with Crippen LogP contribution in [0.1, 0.15) is 33.1 Å². The summed E-state index contributed by atoms with van der Waals surface area (Å²) < 4.78 is 0. The number of Topliss-reactive ketones (excluding diaryl/α,β-unsaturated/α-hetero) is 1. The van der Waals surface area contributed by atoms with Crippen LogP contribution >= 0.6 is 11.6 Å². The average Bonchev–Trinajstić information content (AvgIpc) is 1.87. The van der Waals surface area contributed by atoms with E-state index in [1.165, 1.54) is 0 Å². The molecule has 0 heterocycles. The number of rotatable bonds is 5. The highest BCUT2D eigenvalue weighted by atomic mass is 35.5. The standard InChI is InChI=1S/C9H15ClO/c1-4-5-6-9(7(2)10)8(3)11/h9H,2,4-6H2,1,3H3. The van der Waals surface area contributed by atoms with E-state index >= 15 is 0 Å². The third-order valence-electron chi connectivity index (χ3n) is 1.72. The summed E-state index contributed by atoms with van der Waals surface area (Å²) in [5.41, 5.74) is 0. The van der Waals surface area contributed by atoms with Crippen LogP contribution in [0, 0.1) is 5.92 Å². The Morgan fingerprint density at radius 3 is 2.45 bits per heavy atom. The number of ketones is 1. The molecule has 0 radical (unpaired) electrons. The van der Waals surface area contributed by atoms with Crippen LogP contribution in [0.25, 0.3) is 0 Å². The molecule has 0 rings (SSSR count). The number of hydrogen-bond acceptors (Lipinski definition) is 1. The quantitative estimate of drug-likeness (QED) is 0.626. The summed E-state index contributed by atoms with van der Waals surface area (Å²) in [6.07, 6.45) is 2.97. The minimum Gasteiger partial charge on any atom is -0.299 e. The zero-order chi connectivity index (χ0) is 8.85. The third-order valence-corrected chi connectivity index (χ3v) is 1.98. The van der Waals surface area contributed by atoms with Gasteiger partial charge in [0, 0.05) is 5.03 Å². The summed E-state index contributed by atoms with van der Waals surface area (Å²) in [5.74, 6) is -0.00457. The second-order valence-corrected chi connectivity index (χ2v) is 3.24. The SMILES string of the molecule is C=C(Cl)C(CCCC)C(C)=O. The first kappa shape index (κ1) is 10.7. The van der Waals surface area contributed by atoms with Crippen LogP contribution in [0.15, 0.2) is 11.6 Å². The van der Waals surface area contributed by atoms with Crippen LogP contribution in [-0.4, -0.2) is 5.78 Å². The van der Waals surface area contributed by atoms with Crippen molar-refractivity contribution in [2.45, 2.75) is 33.1 Å². The molecule has 0 aromatic rings. The van der Waals surface area contributed by atoms with Gasteiger partial charge in [0.05, 0.1) is 5.92 Å². The first-order valence-electron chi connectivity index (χ1n) is 3.94. The van der Waals surface area contributed by atoms with Crippen molar-refractivity contribution < 1.29 is 4.79 Å². The maximum absolute atomic E-state index is 10.9. The summed E-state index contributed by atoms with van der Waals surface area (Å²) in [7, 11) is 0. The molecular weight excluding hydrogens is 160 g/mol. The molecule has 0 aromatic heterocycles. The zero-order valence-electron chi connectivity index (χ0n) is 7.19. The minimum absolute atomic E-state index is 0.124. The predicted molar refractivity (Wildman–Crippen MR) is 48.7 cm³/mol. The van der Waals surface area contributed by atoms with Gasteiger partial charge >= 0.3 is 0 Å². The predicted octanol–water partition coefficient (Wildman–Crippen LogP) is 3.13. The smallest absolute Gasteiger partial charge is 0.138 e. The molecule has 0 bridgehead atoms. The van der Waals surface area contributed by atoms with Gasteiger partial charge in [-0.1, -0.05) is 37.9 Å². The maximum Gasteiger partial charge on any atom is 0.138 e. The Morgan fingerprint density at radius 1 is 1.64 bits per heavy atom. The molecule has 0 saturated carbocycles. The lowest BCUT2D eigenvalue weighted by atomic mass is 9.98. The fourth-order valence-corrected chi connectivity index (χ4v) is 1.25. The van der Waals surface area contributed by atoms with E-state index in [1.807, 2.05) is 0 Å². The summed E-state index contributed by atoms with van der Waals surface area (Å²) in [6, 6.07) is 0. The number of carbonyl (C=O) groups is 1. The van der Waals surface area contributed by atoms with Gasteiger partial charge in [-0.15, -0.1) is 0 Å². The molecule has 0 aliphatic carbocycles. The molecule has 1 nitrogen and oxygen atoms in total. The molecule has 0 aromatic carbocycles. The van der Waals surface area contributed by atoms with Gasteiger partial charge < -0.3 is 0 Å². The Hall–Kier alpha value is -0.300. The number of allylic oxidation sites excluding steroid dienone is 1. The molecule has 64 valence electrons. The van der Waals surface area contributed by atoms with Gasteiger partial charge in [0.2, 0.25) is 0 Å². The van der Waals surface area contributed by atoms with Crippen molar-refractivity contribution >= 4 is 17.4 Å². The fourth-order valence-electron chi connectivity index (χ4n) is 0.989. The molecule has 0 N–H and O–H groups in total. The van der Waals surface area contributed by atoms with Gasteiger partial charge in [-0.3, -0.25) is 4.79 Å². The highest BCUT2D eigenvalue weighted by molar-refractivity contribution is 6.31. The number of hydrogen-bond donors (Lipinski definition) is 0. The van der Waals surface area contributed by atoms with Crippen molar-refractivity contribution in [1.82, 2.24) is 0 Å². The number of halogens is 1. The lowest BCUT2D eigenvalue weighted by Gasteiger charge is -2.10. The Labute approximate surface area is 73.4 Å². The van der Waals surface area contributed by atoms with E-state index in [-0.39, 0.29) is 11.7 Å². The Balaban J connectivity index is 3.90. The third kappa shape index (κ3) is 4.20. The normalized spacial score (nSPS) is 12.6. The molecule has 2 heteroatoms. The van der Waals surface area contributed by atoms with E-state index < -0.39 is 0 Å². The highest BCUT2D eigenvalue weighted by Gasteiger charge is 2.14. The van der Waals surface area contributed by atoms with Crippen molar-refractivity contribution in [2.24, 2.45) is 5.92 Å². The average molecular weight is 175 g/mol. The van der Waals surface area contributed by atoms with Crippen LogP contribution < -0.4 is 0 Å². The van der Waals surface area contributed by atoms with Gasteiger partial charge in [-0.05, 0) is 13.3 Å². The van der Waals surface area contributed by atoms with E-state index in [4.69, 9.17) is 11.6 Å². The van der Waals surface area contributed by atoms with Gasteiger partial charge in [-0.2, -0.15) is 0 Å². The first-order chi connectivity index (χ1) is 5.09. The van der Waals surface area contributed by atoms with Gasteiger partial charge in [0.25, 0.3) is 0 Å². The molecule has 11 heavy (non-hydrogen) atoms. The second-order valence-electron chi connectivity index (χ2n) is 2.75. The molecule has 0 saturated heterocycles. The van der Waals surface area contributed by atoms with Crippen molar-refractivity contribution in [3.05, 3.63) is 11.6 Å². The van der Waals surface area contributed by atoms with Crippen LogP contribution in [0.3, 0.4) is 0 Å². The topological polar surface area (TPSA) is 17.1 Å². The highest BCUT2D eigenvalue weighted by Crippen LogP contribution is 2.20. The monoisotopic (exact) mass is 174 g/mol. The zero-order valence-corrected chi connectivity index (χ0v) is 7.95. The van der Waals surface area contributed by atoms with Gasteiger partial charge in [0.15, 0.2) is 0 Å². The lowest BCUT2D eigenvalue weighted by Crippen LogP contribution is -2.10. The molecule has 0 spiro atoms. The molecule has 0 amide bonds. The summed E-state index contributed by atoms with van der Waals surface area (Å²) in [4.78, 5) is 10.9. The van der Waals surface area contributed by atoms with Crippen LogP contribution in [0.5, 0.6) is 0 Å². The van der Waals surface area contributed by atoms with Crippen LogP contribution in [0.4, 0.5) is 0 Å². The van der Waals surface area contributed by atoms with E-state index in [0.717, 1.165) is 19.3 Å². The number of carbonyl (C=O) groups excluding carboxylic acids is 1. The maximum atomic E-state index is 10.9. The van der Waals surface area contributed by atoms with Crippen molar-refractivity contribution in [1.29, 1.82) is 0 Å². The van der Waals surface area contributed by atoms with Crippen LogP contribution in [0.2, 0.25) is 0 Å². The fraction of sp³-hybridized carbons (Fsp3) is 0.667. The van der Waals surface area contributed by atoms with Crippen molar-refractivity contribution in [2.75, 3.05) is 0 Å². The largest absolute Gasteiger partial charge is 0.299 e. The molecule has 0 aliphatic heterocycles. The second kappa shape index (κ2) is 5.36. The van der Waals surface area contributed by atoms with E-state index in [1.54, 1.807) is 6.92 Å². The Bertz CT molecular complexity index is 138. The summed E-state index contributed by atoms with van der Waals surface area (Å²) >= 11 is 5.66. The molecule has 1 atom stereocenters.